The Kier molecular flexibility index (Phi) is 5.28. The predicted molar refractivity (Wildman–Crippen MR) is 109 cm³/mol. The molecule has 0 radical (unpaired) electrons. The van der Waals surface area contributed by atoms with Crippen LogP contribution in [-0.2, 0) is 26.2 Å². The van der Waals surface area contributed by atoms with Crippen molar-refractivity contribution in [2.24, 2.45) is 5.73 Å². The van der Waals surface area contributed by atoms with Gasteiger partial charge in [-0.25, -0.2) is 8.42 Å². The van der Waals surface area contributed by atoms with Crippen molar-refractivity contribution in [2.75, 3.05) is 13.3 Å². The molecule has 2 fully saturated rings. The Morgan fingerprint density at radius 1 is 1.24 bits per heavy atom. The highest BCUT2D eigenvalue weighted by Gasteiger charge is 2.60. The van der Waals surface area contributed by atoms with Crippen LogP contribution >= 0.6 is 0 Å². The van der Waals surface area contributed by atoms with E-state index in [1.54, 1.807) is 34.8 Å². The molecule has 8 nitrogen and oxygen atoms in total. The first-order valence-electron chi connectivity index (χ1n) is 9.87. The van der Waals surface area contributed by atoms with E-state index in [-0.39, 0.29) is 36.1 Å². The van der Waals surface area contributed by atoms with E-state index in [1.807, 2.05) is 13.8 Å². The molecule has 9 heteroatoms. The number of nitrogens with zero attached hydrogens (tertiary/aromatic N) is 2. The standard InChI is InChI=1S/C20H27N3O5S/c1-14(2)28-13-27-12-22-10-6-15-16(19(22)24)4-3-5-17(15)29(25,26)23-11-7-18(21)20(23)8-9-20/h3-6,10,14,18H,7-9,11-13,21H2,1-2H3/t18-/m1/s1. The summed E-state index contributed by atoms with van der Waals surface area (Å²) in [6.07, 6.45) is 3.83. The van der Waals surface area contributed by atoms with Gasteiger partial charge in [-0.2, -0.15) is 4.31 Å². The van der Waals surface area contributed by atoms with Gasteiger partial charge in [0.25, 0.3) is 5.56 Å². The van der Waals surface area contributed by atoms with Crippen molar-refractivity contribution < 1.29 is 17.9 Å². The van der Waals surface area contributed by atoms with Crippen LogP contribution in [0.5, 0.6) is 0 Å². The minimum atomic E-state index is -3.75. The molecule has 1 atom stereocenters. The molecule has 2 heterocycles. The molecule has 1 spiro atoms. The van der Waals surface area contributed by atoms with Crippen molar-refractivity contribution in [3.63, 3.8) is 0 Å². The number of hydrogen-bond donors (Lipinski definition) is 1. The molecule has 158 valence electrons. The molecule has 2 aromatic rings. The third-order valence-corrected chi connectivity index (χ3v) is 7.89. The fraction of sp³-hybridized carbons (Fsp3) is 0.550. The molecular weight excluding hydrogens is 394 g/mol. The highest BCUT2D eigenvalue weighted by atomic mass is 32.2. The zero-order valence-corrected chi connectivity index (χ0v) is 17.5. The van der Waals surface area contributed by atoms with Crippen LogP contribution in [0.15, 0.2) is 40.2 Å². The van der Waals surface area contributed by atoms with Gasteiger partial charge in [0, 0.05) is 29.6 Å². The van der Waals surface area contributed by atoms with Crippen LogP contribution < -0.4 is 11.3 Å². The van der Waals surface area contributed by atoms with Gasteiger partial charge in [0.1, 0.15) is 13.5 Å². The number of benzene rings is 1. The zero-order valence-electron chi connectivity index (χ0n) is 16.7. The van der Waals surface area contributed by atoms with Gasteiger partial charge in [-0.15, -0.1) is 0 Å². The highest BCUT2D eigenvalue weighted by Crippen LogP contribution is 2.51. The van der Waals surface area contributed by atoms with Crippen molar-refractivity contribution in [1.82, 2.24) is 8.87 Å². The Hall–Kier alpha value is -1.78. The average Bonchev–Trinajstić information content (AvgIpc) is 3.40. The Bertz CT molecular complexity index is 1080. The summed E-state index contributed by atoms with van der Waals surface area (Å²) in [5, 5.41) is 0.763. The lowest BCUT2D eigenvalue weighted by atomic mass is 10.1. The van der Waals surface area contributed by atoms with Crippen LogP contribution in [0, 0.1) is 0 Å². The monoisotopic (exact) mass is 421 g/mol. The Labute approximate surface area is 170 Å². The molecule has 1 saturated heterocycles. The minimum absolute atomic E-state index is 0.0303. The van der Waals surface area contributed by atoms with Crippen molar-refractivity contribution in [1.29, 1.82) is 0 Å². The summed E-state index contributed by atoms with van der Waals surface area (Å²) in [5.74, 6) is 0. The molecular formula is C20H27N3O5S. The van der Waals surface area contributed by atoms with Gasteiger partial charge in [0.15, 0.2) is 0 Å². The molecule has 2 N–H and O–H groups in total. The predicted octanol–water partition coefficient (Wildman–Crippen LogP) is 1.61. The number of hydrogen-bond acceptors (Lipinski definition) is 6. The van der Waals surface area contributed by atoms with Crippen molar-refractivity contribution in [3.05, 3.63) is 40.8 Å². The van der Waals surface area contributed by atoms with Gasteiger partial charge in [0.2, 0.25) is 10.0 Å². The summed E-state index contributed by atoms with van der Waals surface area (Å²) in [4.78, 5) is 13.0. The SMILES string of the molecule is CC(C)OCOCn1ccc2c(S(=O)(=O)N3CC[C@@H](N)C34CC4)cccc2c1=O. The summed E-state index contributed by atoms with van der Waals surface area (Å²) < 4.78 is 40.5. The lowest BCUT2D eigenvalue weighted by Gasteiger charge is -2.26. The van der Waals surface area contributed by atoms with Gasteiger partial charge < -0.3 is 15.2 Å². The van der Waals surface area contributed by atoms with Gasteiger partial charge in [0.05, 0.1) is 16.5 Å². The molecule has 29 heavy (non-hydrogen) atoms. The summed E-state index contributed by atoms with van der Waals surface area (Å²) in [6, 6.07) is 6.34. The molecule has 2 aliphatic rings. The summed E-state index contributed by atoms with van der Waals surface area (Å²) in [5.41, 5.74) is 5.44. The molecule has 0 amide bonds. The first kappa shape index (κ1) is 20.5. The van der Waals surface area contributed by atoms with E-state index in [0.29, 0.717) is 23.7 Å². The van der Waals surface area contributed by atoms with E-state index >= 15 is 0 Å². The lowest BCUT2D eigenvalue weighted by Crippen LogP contribution is -2.44. The van der Waals surface area contributed by atoms with E-state index in [2.05, 4.69) is 0 Å². The van der Waals surface area contributed by atoms with E-state index in [0.717, 1.165) is 12.8 Å². The Morgan fingerprint density at radius 3 is 2.69 bits per heavy atom. The topological polar surface area (TPSA) is 104 Å². The molecule has 4 rings (SSSR count). The first-order valence-corrected chi connectivity index (χ1v) is 11.3. The minimum Gasteiger partial charge on any atom is -0.353 e. The van der Waals surface area contributed by atoms with Crippen LogP contribution in [0.3, 0.4) is 0 Å². The molecule has 0 bridgehead atoms. The van der Waals surface area contributed by atoms with Gasteiger partial charge in [-0.1, -0.05) is 6.07 Å². The first-order chi connectivity index (χ1) is 13.8. The summed E-state index contributed by atoms with van der Waals surface area (Å²) in [6.45, 7) is 4.32. The number of fused-ring (bicyclic) bond motifs is 1. The summed E-state index contributed by atoms with van der Waals surface area (Å²) in [7, 11) is -3.75. The van der Waals surface area contributed by atoms with Crippen LogP contribution in [0.25, 0.3) is 10.8 Å². The van der Waals surface area contributed by atoms with E-state index in [4.69, 9.17) is 15.2 Å². The second-order valence-electron chi connectivity index (χ2n) is 8.05. The second kappa shape index (κ2) is 7.48. The molecule has 0 unspecified atom stereocenters. The molecule has 1 aromatic heterocycles. The maximum Gasteiger partial charge on any atom is 0.260 e. The molecule has 1 aliphatic carbocycles. The van der Waals surface area contributed by atoms with Crippen molar-refractivity contribution in [2.45, 2.75) is 62.4 Å². The smallest absolute Gasteiger partial charge is 0.260 e. The van der Waals surface area contributed by atoms with Crippen LogP contribution in [-0.4, -0.2) is 48.3 Å². The third-order valence-electron chi connectivity index (χ3n) is 5.85. The number of ether oxygens (including phenoxy) is 2. The van der Waals surface area contributed by atoms with E-state index in [9.17, 15) is 13.2 Å². The largest absolute Gasteiger partial charge is 0.353 e. The van der Waals surface area contributed by atoms with Gasteiger partial charge >= 0.3 is 0 Å². The van der Waals surface area contributed by atoms with Gasteiger partial charge in [-0.05, 0) is 51.3 Å². The van der Waals surface area contributed by atoms with Crippen molar-refractivity contribution >= 4 is 20.8 Å². The van der Waals surface area contributed by atoms with E-state index in [1.165, 1.54) is 4.57 Å². The highest BCUT2D eigenvalue weighted by molar-refractivity contribution is 7.89. The number of pyridine rings is 1. The number of sulfonamides is 1. The third kappa shape index (κ3) is 3.51. The van der Waals surface area contributed by atoms with Crippen LogP contribution in [0.2, 0.25) is 0 Å². The van der Waals surface area contributed by atoms with Crippen LogP contribution in [0.4, 0.5) is 0 Å². The fourth-order valence-corrected chi connectivity index (χ4v) is 6.18. The number of aromatic nitrogens is 1. The Balaban J connectivity index is 1.67. The summed E-state index contributed by atoms with van der Waals surface area (Å²) >= 11 is 0. The molecule has 1 aliphatic heterocycles. The normalized spacial score (nSPS) is 21.4. The fourth-order valence-electron chi connectivity index (χ4n) is 4.09. The average molecular weight is 422 g/mol. The lowest BCUT2D eigenvalue weighted by molar-refractivity contribution is -0.100. The number of nitrogens with two attached hydrogens (primary N) is 1. The van der Waals surface area contributed by atoms with Crippen molar-refractivity contribution in [3.8, 4) is 0 Å². The second-order valence-corrected chi connectivity index (χ2v) is 9.88. The van der Waals surface area contributed by atoms with Gasteiger partial charge in [-0.3, -0.25) is 9.36 Å². The maximum absolute atomic E-state index is 13.4. The zero-order chi connectivity index (χ0) is 20.8. The van der Waals surface area contributed by atoms with Crippen LogP contribution in [0.1, 0.15) is 33.1 Å². The quantitative estimate of drug-likeness (QED) is 0.538. The number of rotatable bonds is 7. The molecule has 1 aromatic carbocycles. The van der Waals surface area contributed by atoms with E-state index < -0.39 is 15.6 Å². The maximum atomic E-state index is 13.4. The Morgan fingerprint density at radius 2 is 2.00 bits per heavy atom. The molecule has 1 saturated carbocycles.